The molecule has 12 heteroatoms. The number of rotatable bonds is 13. The highest BCUT2D eigenvalue weighted by Gasteiger charge is 2.45. The molecule has 1 aliphatic heterocycles. The topological polar surface area (TPSA) is 177 Å². The second-order valence-corrected chi connectivity index (χ2v) is 12.1. The first-order valence-electron chi connectivity index (χ1n) is 15.1. The van der Waals surface area contributed by atoms with Crippen molar-refractivity contribution in [1.82, 2.24) is 15.5 Å². The molecule has 1 saturated heterocycles. The van der Waals surface area contributed by atoms with Crippen LogP contribution in [0.25, 0.3) is 0 Å². The number of hydrogen-bond acceptors (Lipinski definition) is 8. The summed E-state index contributed by atoms with van der Waals surface area (Å²) < 4.78 is 10.8. The molecule has 1 fully saturated rings. The molecular formula is C33H44N4O8. The van der Waals surface area contributed by atoms with Crippen molar-refractivity contribution in [3.8, 4) is 0 Å². The average Bonchev–Trinajstić information content (AvgIpc) is 3.43. The third-order valence-corrected chi connectivity index (χ3v) is 7.39. The Morgan fingerprint density at radius 1 is 0.956 bits per heavy atom. The van der Waals surface area contributed by atoms with Gasteiger partial charge in [0.25, 0.3) is 5.91 Å². The van der Waals surface area contributed by atoms with Gasteiger partial charge in [-0.2, -0.15) is 0 Å². The Hall–Kier alpha value is -4.45. The number of aliphatic hydroxyl groups is 1. The first-order valence-corrected chi connectivity index (χ1v) is 15.1. The summed E-state index contributed by atoms with van der Waals surface area (Å²) in [5.74, 6) is -3.02. The number of esters is 1. The standard InChI is InChI=1S/C33H44N4O8/c1-5-23-16-17-26(31(42)45-33(2,3)4)37(23)30(41)28(39)24(18-21-12-8-6-9-13-21)35-29(40)25(19-27(34)38)36-32(43)44-20-22-14-10-7-11-15-22/h6-15,23-26,28,39H,5,16-20H2,1-4H3,(H2,34,38)(H,35,40)(H,36,43)/t23?,24-,25-,26-,28-/m0/s1. The van der Waals surface area contributed by atoms with Crippen molar-refractivity contribution < 1.29 is 38.6 Å². The van der Waals surface area contributed by atoms with Crippen LogP contribution in [0.1, 0.15) is 64.5 Å². The number of hydrogen-bond donors (Lipinski definition) is 4. The molecule has 0 radical (unpaired) electrons. The zero-order valence-electron chi connectivity index (χ0n) is 26.2. The van der Waals surface area contributed by atoms with Gasteiger partial charge in [0.1, 0.15) is 24.3 Å². The second-order valence-electron chi connectivity index (χ2n) is 12.1. The molecule has 2 aromatic rings. The van der Waals surface area contributed by atoms with Gasteiger partial charge >= 0.3 is 12.1 Å². The van der Waals surface area contributed by atoms with E-state index in [1.165, 1.54) is 4.90 Å². The molecule has 0 aliphatic carbocycles. The summed E-state index contributed by atoms with van der Waals surface area (Å²) in [6.45, 7) is 7.01. The van der Waals surface area contributed by atoms with Crippen LogP contribution in [0.4, 0.5) is 4.79 Å². The monoisotopic (exact) mass is 624 g/mol. The fraction of sp³-hybridized carbons (Fsp3) is 0.485. The van der Waals surface area contributed by atoms with Crippen molar-refractivity contribution in [2.75, 3.05) is 0 Å². The van der Waals surface area contributed by atoms with E-state index in [-0.39, 0.29) is 19.1 Å². The molecule has 5 N–H and O–H groups in total. The first kappa shape index (κ1) is 35.0. The van der Waals surface area contributed by atoms with Crippen molar-refractivity contribution in [1.29, 1.82) is 0 Å². The van der Waals surface area contributed by atoms with Crippen LogP contribution in [0.15, 0.2) is 60.7 Å². The van der Waals surface area contributed by atoms with E-state index in [1.807, 2.05) is 13.0 Å². The number of aliphatic hydroxyl groups excluding tert-OH is 1. The van der Waals surface area contributed by atoms with Crippen LogP contribution in [0.5, 0.6) is 0 Å². The maximum Gasteiger partial charge on any atom is 0.408 e. The lowest BCUT2D eigenvalue weighted by atomic mass is 9.98. The molecule has 45 heavy (non-hydrogen) atoms. The highest BCUT2D eigenvalue weighted by molar-refractivity contribution is 5.92. The number of nitrogens with one attached hydrogen (secondary N) is 2. The minimum Gasteiger partial charge on any atom is -0.458 e. The van der Waals surface area contributed by atoms with Gasteiger partial charge in [-0.1, -0.05) is 67.6 Å². The molecule has 12 nitrogen and oxygen atoms in total. The van der Waals surface area contributed by atoms with Crippen LogP contribution in [-0.4, -0.2) is 75.7 Å². The van der Waals surface area contributed by atoms with Crippen molar-refractivity contribution in [3.63, 3.8) is 0 Å². The summed E-state index contributed by atoms with van der Waals surface area (Å²) in [4.78, 5) is 66.2. The molecule has 2 aromatic carbocycles. The van der Waals surface area contributed by atoms with E-state index in [1.54, 1.807) is 75.4 Å². The Morgan fingerprint density at radius 3 is 2.11 bits per heavy atom. The lowest BCUT2D eigenvalue weighted by Gasteiger charge is -2.34. The van der Waals surface area contributed by atoms with E-state index >= 15 is 0 Å². The van der Waals surface area contributed by atoms with Gasteiger partial charge in [-0.3, -0.25) is 14.4 Å². The maximum atomic E-state index is 13.9. The lowest BCUT2D eigenvalue weighted by Crippen LogP contribution is -2.59. The van der Waals surface area contributed by atoms with Gasteiger partial charge in [0.2, 0.25) is 11.8 Å². The number of primary amides is 1. The smallest absolute Gasteiger partial charge is 0.408 e. The highest BCUT2D eigenvalue weighted by Crippen LogP contribution is 2.30. The zero-order valence-corrected chi connectivity index (χ0v) is 26.2. The number of benzene rings is 2. The predicted molar refractivity (Wildman–Crippen MR) is 165 cm³/mol. The number of carbonyl (C=O) groups excluding carboxylic acids is 5. The molecular weight excluding hydrogens is 580 g/mol. The van der Waals surface area contributed by atoms with Gasteiger partial charge in [0.05, 0.1) is 12.5 Å². The van der Waals surface area contributed by atoms with Crippen LogP contribution in [0.2, 0.25) is 0 Å². The van der Waals surface area contributed by atoms with E-state index in [0.717, 1.165) is 0 Å². The Balaban J connectivity index is 1.82. The Bertz CT molecular complexity index is 1310. The number of carbonyl (C=O) groups is 5. The fourth-order valence-electron chi connectivity index (χ4n) is 5.25. The molecule has 4 amide bonds. The molecule has 0 aromatic heterocycles. The van der Waals surface area contributed by atoms with Gasteiger partial charge < -0.3 is 35.8 Å². The second kappa shape index (κ2) is 16.0. The minimum atomic E-state index is -1.77. The largest absolute Gasteiger partial charge is 0.458 e. The molecule has 0 spiro atoms. The number of ether oxygens (including phenoxy) is 2. The van der Waals surface area contributed by atoms with Gasteiger partial charge in [-0.15, -0.1) is 0 Å². The van der Waals surface area contributed by atoms with Crippen molar-refractivity contribution in [3.05, 3.63) is 71.8 Å². The number of nitrogens with zero attached hydrogens (tertiary/aromatic N) is 1. The SMILES string of the molecule is CCC1CC[C@@H](C(=O)OC(C)(C)C)N1C(=O)[C@@H](O)[C@H](Cc1ccccc1)NC(=O)[C@H](CC(N)=O)NC(=O)OCc1ccccc1. The summed E-state index contributed by atoms with van der Waals surface area (Å²) in [7, 11) is 0. The number of likely N-dealkylation sites (tertiary alicyclic amines) is 1. The Kier molecular flexibility index (Phi) is 12.5. The minimum absolute atomic E-state index is 0.0307. The van der Waals surface area contributed by atoms with E-state index in [9.17, 15) is 29.1 Å². The van der Waals surface area contributed by atoms with Crippen LogP contribution in [-0.2, 0) is 41.7 Å². The highest BCUT2D eigenvalue weighted by atomic mass is 16.6. The van der Waals surface area contributed by atoms with Gasteiger partial charge in [-0.05, 0) is 57.6 Å². The molecule has 1 heterocycles. The van der Waals surface area contributed by atoms with E-state index in [4.69, 9.17) is 15.2 Å². The quantitative estimate of drug-likeness (QED) is 0.245. The summed E-state index contributed by atoms with van der Waals surface area (Å²) in [5.41, 5.74) is 6.01. The van der Waals surface area contributed by atoms with Crippen LogP contribution in [0, 0.1) is 0 Å². The Labute approximate surface area is 263 Å². The lowest BCUT2D eigenvalue weighted by molar-refractivity contribution is -0.166. The fourth-order valence-corrected chi connectivity index (χ4v) is 5.25. The molecule has 5 atom stereocenters. The van der Waals surface area contributed by atoms with Crippen LogP contribution in [0.3, 0.4) is 0 Å². The number of nitrogens with two attached hydrogens (primary N) is 1. The van der Waals surface area contributed by atoms with Crippen molar-refractivity contribution >= 4 is 29.8 Å². The summed E-state index contributed by atoms with van der Waals surface area (Å²) >= 11 is 0. The van der Waals surface area contributed by atoms with Crippen LogP contribution >= 0.6 is 0 Å². The molecule has 244 valence electrons. The van der Waals surface area contributed by atoms with Gasteiger partial charge in [-0.25, -0.2) is 9.59 Å². The summed E-state index contributed by atoms with van der Waals surface area (Å²) in [6, 6.07) is 13.9. The first-order chi connectivity index (χ1) is 21.3. The van der Waals surface area contributed by atoms with Gasteiger partial charge in [0.15, 0.2) is 6.10 Å². The van der Waals surface area contributed by atoms with Crippen molar-refractivity contribution in [2.24, 2.45) is 5.73 Å². The average molecular weight is 625 g/mol. The van der Waals surface area contributed by atoms with Crippen LogP contribution < -0.4 is 16.4 Å². The van der Waals surface area contributed by atoms with E-state index < -0.39 is 66.0 Å². The summed E-state index contributed by atoms with van der Waals surface area (Å²) in [5, 5.41) is 16.5. The molecule has 1 aliphatic rings. The number of amides is 4. The molecule has 0 bridgehead atoms. The normalized spacial score (nSPS) is 18.3. The van der Waals surface area contributed by atoms with E-state index in [0.29, 0.717) is 30.4 Å². The zero-order chi connectivity index (χ0) is 33.1. The van der Waals surface area contributed by atoms with Gasteiger partial charge in [0, 0.05) is 6.04 Å². The summed E-state index contributed by atoms with van der Waals surface area (Å²) in [6.07, 6.45) is -1.79. The molecule has 0 saturated carbocycles. The molecule has 3 rings (SSSR count). The maximum absolute atomic E-state index is 13.9. The predicted octanol–water partition coefficient (Wildman–Crippen LogP) is 2.36. The Morgan fingerprint density at radius 2 is 1.56 bits per heavy atom. The number of alkyl carbamates (subject to hydrolysis) is 1. The van der Waals surface area contributed by atoms with E-state index in [2.05, 4.69) is 10.6 Å². The molecule has 1 unspecified atom stereocenters. The third kappa shape index (κ3) is 10.6. The third-order valence-electron chi connectivity index (χ3n) is 7.39. The van der Waals surface area contributed by atoms with Crippen molar-refractivity contribution in [2.45, 2.75) is 102 Å².